The quantitative estimate of drug-likeness (QED) is 0.546. The van der Waals surface area contributed by atoms with Crippen LogP contribution in [0.1, 0.15) is 49.7 Å². The molecule has 2 aromatic rings. The van der Waals surface area contributed by atoms with Gasteiger partial charge >= 0.3 is 12.1 Å². The molecular formula is C25H30N2O5. The van der Waals surface area contributed by atoms with Crippen LogP contribution in [0.5, 0.6) is 0 Å². The first kappa shape index (κ1) is 23.3. The Morgan fingerprint density at radius 3 is 2.19 bits per heavy atom. The molecule has 0 radical (unpaired) electrons. The van der Waals surface area contributed by atoms with Crippen molar-refractivity contribution in [2.75, 3.05) is 20.2 Å². The van der Waals surface area contributed by atoms with Crippen LogP contribution in [-0.2, 0) is 14.3 Å². The second-order valence-corrected chi connectivity index (χ2v) is 8.08. The summed E-state index contributed by atoms with van der Waals surface area (Å²) in [5, 5.41) is 11.7. The molecule has 2 N–H and O–H groups in total. The molecule has 0 bridgehead atoms. The van der Waals surface area contributed by atoms with E-state index in [0.29, 0.717) is 19.4 Å². The number of hydrogen-bond acceptors (Lipinski definition) is 4. The summed E-state index contributed by atoms with van der Waals surface area (Å²) in [6.45, 7) is 2.23. The number of carboxylic acid groups (broad SMARTS) is 1. The fourth-order valence-corrected chi connectivity index (χ4v) is 3.98. The summed E-state index contributed by atoms with van der Waals surface area (Å²) in [6.07, 6.45) is 1.96. The Balaban J connectivity index is 1.36. The van der Waals surface area contributed by atoms with Crippen molar-refractivity contribution < 1.29 is 24.2 Å². The third-order valence-corrected chi connectivity index (χ3v) is 6.01. The summed E-state index contributed by atoms with van der Waals surface area (Å²) in [4.78, 5) is 36.3. The molecule has 0 heterocycles. The summed E-state index contributed by atoms with van der Waals surface area (Å²) < 4.78 is 5.50. The zero-order chi connectivity index (χ0) is 23.1. The Bertz CT molecular complexity index is 929. The second kappa shape index (κ2) is 10.8. The maximum absolute atomic E-state index is 12.1. The van der Waals surface area contributed by atoms with Crippen LogP contribution in [0.3, 0.4) is 0 Å². The highest BCUT2D eigenvalue weighted by molar-refractivity contribution is 5.83. The molecule has 32 heavy (non-hydrogen) atoms. The van der Waals surface area contributed by atoms with Gasteiger partial charge in [-0.1, -0.05) is 55.0 Å². The average molecular weight is 439 g/mol. The number of benzene rings is 2. The van der Waals surface area contributed by atoms with E-state index in [1.165, 1.54) is 41.1 Å². The fourth-order valence-electron chi connectivity index (χ4n) is 3.98. The van der Waals surface area contributed by atoms with Crippen LogP contribution in [0.15, 0.2) is 48.5 Å². The Hall–Kier alpha value is -3.35. The number of ether oxygens (including phenoxy) is 1. The molecule has 2 aromatic carbocycles. The van der Waals surface area contributed by atoms with Crippen molar-refractivity contribution in [3.05, 3.63) is 59.7 Å². The van der Waals surface area contributed by atoms with Crippen molar-refractivity contribution in [3.63, 3.8) is 0 Å². The zero-order valence-electron chi connectivity index (χ0n) is 18.5. The van der Waals surface area contributed by atoms with Gasteiger partial charge in [-0.15, -0.1) is 0 Å². The molecule has 0 fully saturated rings. The van der Waals surface area contributed by atoms with E-state index >= 15 is 0 Å². The van der Waals surface area contributed by atoms with Crippen molar-refractivity contribution in [1.29, 1.82) is 0 Å². The second-order valence-electron chi connectivity index (χ2n) is 8.08. The van der Waals surface area contributed by atoms with Gasteiger partial charge in [0.15, 0.2) is 0 Å². The number of nitrogens with zero attached hydrogens (tertiary/aromatic N) is 1. The number of hydrogen-bond donors (Lipinski definition) is 2. The largest absolute Gasteiger partial charge is 0.480 e. The summed E-state index contributed by atoms with van der Waals surface area (Å²) in [5.74, 6) is -1.18. The van der Waals surface area contributed by atoms with Gasteiger partial charge in [0.25, 0.3) is 0 Å². The lowest BCUT2D eigenvalue weighted by Crippen LogP contribution is -2.40. The van der Waals surface area contributed by atoms with Crippen LogP contribution < -0.4 is 5.32 Å². The average Bonchev–Trinajstić information content (AvgIpc) is 3.12. The molecule has 3 rings (SSSR count). The lowest BCUT2D eigenvalue weighted by Gasteiger charge is -2.21. The number of carbonyl (C=O) groups excluding carboxylic acids is 2. The summed E-state index contributed by atoms with van der Waals surface area (Å²) >= 11 is 0. The van der Waals surface area contributed by atoms with E-state index < -0.39 is 18.1 Å². The molecule has 170 valence electrons. The molecule has 1 unspecified atom stereocenters. The minimum atomic E-state index is -1.02. The minimum Gasteiger partial charge on any atom is -0.480 e. The van der Waals surface area contributed by atoms with Crippen molar-refractivity contribution in [1.82, 2.24) is 10.2 Å². The van der Waals surface area contributed by atoms with Gasteiger partial charge in [-0.25, -0.2) is 9.59 Å². The molecule has 1 atom stereocenters. The van der Waals surface area contributed by atoms with Gasteiger partial charge in [0.05, 0.1) is 0 Å². The Labute approximate surface area is 188 Å². The highest BCUT2D eigenvalue weighted by Gasteiger charge is 2.29. The molecular weight excluding hydrogens is 408 g/mol. The normalized spacial score (nSPS) is 13.1. The van der Waals surface area contributed by atoms with E-state index in [2.05, 4.69) is 29.6 Å². The topological polar surface area (TPSA) is 95.9 Å². The number of rotatable bonds is 10. The molecule has 7 nitrogen and oxygen atoms in total. The minimum absolute atomic E-state index is 0.0318. The Morgan fingerprint density at radius 2 is 1.59 bits per heavy atom. The van der Waals surface area contributed by atoms with Gasteiger partial charge in [-0.05, 0) is 42.0 Å². The number of carboxylic acids is 1. The maximum atomic E-state index is 12.1. The van der Waals surface area contributed by atoms with Crippen molar-refractivity contribution in [2.45, 2.75) is 44.6 Å². The first-order valence-electron chi connectivity index (χ1n) is 11.0. The number of fused-ring (bicyclic) bond motifs is 3. The smallest absolute Gasteiger partial charge is 0.407 e. The number of carbonyl (C=O) groups is 3. The Morgan fingerprint density at radius 1 is 1.00 bits per heavy atom. The van der Waals surface area contributed by atoms with Crippen LogP contribution in [0.2, 0.25) is 0 Å². The number of nitrogens with one attached hydrogen (secondary N) is 1. The first-order chi connectivity index (χ1) is 15.4. The zero-order valence-corrected chi connectivity index (χ0v) is 18.5. The van der Waals surface area contributed by atoms with Crippen molar-refractivity contribution in [2.24, 2.45) is 0 Å². The monoisotopic (exact) mass is 438 g/mol. The van der Waals surface area contributed by atoms with Gasteiger partial charge in [0.2, 0.25) is 5.91 Å². The summed E-state index contributed by atoms with van der Waals surface area (Å²) in [7, 11) is 1.50. The predicted molar refractivity (Wildman–Crippen MR) is 121 cm³/mol. The van der Waals surface area contributed by atoms with Gasteiger partial charge < -0.3 is 20.1 Å². The number of alkyl carbamates (subject to hydrolysis) is 1. The van der Waals surface area contributed by atoms with Crippen molar-refractivity contribution >= 4 is 18.0 Å². The van der Waals surface area contributed by atoms with E-state index in [4.69, 9.17) is 9.84 Å². The number of aliphatic carboxylic acids is 1. The molecule has 1 aliphatic rings. The molecule has 0 aliphatic heterocycles. The van der Waals surface area contributed by atoms with Gasteiger partial charge in [-0.3, -0.25) is 4.79 Å². The third kappa shape index (κ3) is 5.46. The standard InChI is InChI=1S/C25H30N2O5/c1-17(24(29)30)27(2)23(28)14-4-3-9-15-26-25(31)32-16-22-20-12-7-5-10-18(20)19-11-6-8-13-21(19)22/h5-8,10-13,17,22H,3-4,9,14-16H2,1-2H3,(H,26,31)(H,29,30). The van der Waals surface area contributed by atoms with Crippen LogP contribution in [0, 0.1) is 0 Å². The first-order valence-corrected chi connectivity index (χ1v) is 11.0. The fraction of sp³-hybridized carbons (Fsp3) is 0.400. The van der Waals surface area contributed by atoms with Crippen LogP contribution in [0.4, 0.5) is 4.79 Å². The molecule has 0 saturated heterocycles. The highest BCUT2D eigenvalue weighted by atomic mass is 16.5. The van der Waals surface area contributed by atoms with E-state index in [0.717, 1.165) is 12.8 Å². The van der Waals surface area contributed by atoms with E-state index in [9.17, 15) is 14.4 Å². The summed E-state index contributed by atoms with van der Waals surface area (Å²) in [5.41, 5.74) is 4.73. The lowest BCUT2D eigenvalue weighted by molar-refractivity contribution is -0.148. The van der Waals surface area contributed by atoms with Gasteiger partial charge in [0, 0.05) is 25.9 Å². The number of likely N-dealkylation sites (N-methyl/N-ethyl adjacent to an activating group) is 1. The van der Waals surface area contributed by atoms with E-state index in [1.54, 1.807) is 0 Å². The van der Waals surface area contributed by atoms with E-state index in [1.807, 2.05) is 24.3 Å². The molecule has 0 aromatic heterocycles. The van der Waals surface area contributed by atoms with E-state index in [-0.39, 0.29) is 18.4 Å². The van der Waals surface area contributed by atoms with Crippen LogP contribution in [-0.4, -0.2) is 54.2 Å². The maximum Gasteiger partial charge on any atom is 0.407 e. The molecule has 0 spiro atoms. The summed E-state index contributed by atoms with van der Waals surface area (Å²) in [6, 6.07) is 15.6. The SMILES string of the molecule is CC(C(=O)O)N(C)C(=O)CCCCCNC(=O)OCC1c2ccccc2-c2ccccc21. The van der Waals surface area contributed by atoms with Crippen molar-refractivity contribution in [3.8, 4) is 11.1 Å². The van der Waals surface area contributed by atoms with Gasteiger partial charge in [0.1, 0.15) is 12.6 Å². The molecule has 0 saturated carbocycles. The molecule has 1 aliphatic carbocycles. The van der Waals surface area contributed by atoms with Crippen LogP contribution >= 0.6 is 0 Å². The lowest BCUT2D eigenvalue weighted by atomic mass is 9.98. The molecule has 7 heteroatoms. The predicted octanol–water partition coefficient (Wildman–Crippen LogP) is 4.02. The third-order valence-electron chi connectivity index (χ3n) is 6.01. The number of amides is 2. The molecule has 2 amide bonds. The Kier molecular flexibility index (Phi) is 7.87. The highest BCUT2D eigenvalue weighted by Crippen LogP contribution is 2.44. The number of unbranched alkanes of at least 4 members (excludes halogenated alkanes) is 2. The van der Waals surface area contributed by atoms with Crippen LogP contribution in [0.25, 0.3) is 11.1 Å². The van der Waals surface area contributed by atoms with Gasteiger partial charge in [-0.2, -0.15) is 0 Å².